The Morgan fingerprint density at radius 3 is 1.90 bits per heavy atom. The summed E-state index contributed by atoms with van der Waals surface area (Å²) in [5.41, 5.74) is 6.02. The van der Waals surface area contributed by atoms with Gasteiger partial charge in [0.2, 0.25) is 10.9 Å². The summed E-state index contributed by atoms with van der Waals surface area (Å²) in [4.78, 5) is 24.1. The molecular weight excluding hydrogens is 419 g/mol. The average molecular weight is 434 g/mol. The summed E-state index contributed by atoms with van der Waals surface area (Å²) in [6.45, 7) is 1.93. The molecule has 30 heavy (non-hydrogen) atoms. The van der Waals surface area contributed by atoms with E-state index in [0.29, 0.717) is 11.4 Å². The number of benzene rings is 3. The largest absolute Gasteiger partial charge is 1.00 e. The normalized spacial score (nSPS) is 12.3. The van der Waals surface area contributed by atoms with E-state index in [9.17, 15) is 22.6 Å². The van der Waals surface area contributed by atoms with Crippen molar-refractivity contribution < 1.29 is 42.5 Å². The molecule has 0 saturated heterocycles. The van der Waals surface area contributed by atoms with Crippen LogP contribution >= 0.6 is 0 Å². The molecule has 0 spiro atoms. The summed E-state index contributed by atoms with van der Waals surface area (Å²) >= 11 is 0. The average Bonchev–Trinajstić information content (AvgIpc) is 2.68. The monoisotopic (exact) mass is 434 g/mol. The van der Waals surface area contributed by atoms with Crippen molar-refractivity contribution in [1.82, 2.24) is 0 Å². The third-order valence-corrected chi connectivity index (χ3v) is 4.72. The minimum Gasteiger partial charge on any atom is -0.744 e. The third-order valence-electron chi connectivity index (χ3n) is 3.87. The number of nitrogens with one attached hydrogen (secondary N) is 2. The van der Waals surface area contributed by atoms with Gasteiger partial charge in [-0.05, 0) is 55.5 Å². The van der Waals surface area contributed by atoms with Crippen LogP contribution < -0.4 is 62.0 Å². The van der Waals surface area contributed by atoms with Crippen molar-refractivity contribution in [3.8, 4) is 0 Å². The van der Waals surface area contributed by atoms with Gasteiger partial charge in [-0.3, -0.25) is 20.4 Å². The first-order valence-corrected chi connectivity index (χ1v) is 9.72. The molecule has 9 nitrogen and oxygen atoms in total. The second-order valence-electron chi connectivity index (χ2n) is 6.05. The molecule has 2 N–H and O–H groups in total. The van der Waals surface area contributed by atoms with Crippen LogP contribution in [0, 0.1) is 6.92 Å². The Kier molecular flexibility index (Phi) is 7.82. The summed E-state index contributed by atoms with van der Waals surface area (Å²) < 4.78 is 32.8. The standard InChI is InChI=1S/C19H16N4O5S.Na/c1-12-2-4-13(5-3-12)21-23-18-17(24)11-10-16(19(18)25)22-20-14-6-8-15(9-7-14)29(26,27)28;/h2-11,20-21H,1H3,(H,26,27,28);/q;+1/p-1/b22-16-,23-18+;. The molecule has 11 heteroatoms. The fourth-order valence-electron chi connectivity index (χ4n) is 2.31. The molecule has 0 aromatic heterocycles. The van der Waals surface area contributed by atoms with E-state index >= 15 is 0 Å². The topological polar surface area (TPSA) is 140 Å². The Labute approximate surface area is 193 Å². The summed E-state index contributed by atoms with van der Waals surface area (Å²) in [6.07, 6.45) is 0. The number of nitrogens with zero attached hydrogens (tertiary/aromatic N) is 2. The summed E-state index contributed by atoms with van der Waals surface area (Å²) in [5.74, 6) is 0. The Bertz CT molecular complexity index is 1360. The minimum absolute atomic E-state index is 0. The van der Waals surface area contributed by atoms with E-state index in [0.717, 1.165) is 17.7 Å². The molecule has 148 valence electrons. The maximum atomic E-state index is 12.5. The van der Waals surface area contributed by atoms with Crippen LogP contribution in [-0.2, 0) is 10.1 Å². The first kappa shape index (κ1) is 23.6. The van der Waals surface area contributed by atoms with Crippen LogP contribution in [0.4, 0.5) is 11.4 Å². The van der Waals surface area contributed by atoms with Crippen molar-refractivity contribution in [2.45, 2.75) is 11.8 Å². The van der Waals surface area contributed by atoms with Gasteiger partial charge in [0.25, 0.3) is 0 Å². The van der Waals surface area contributed by atoms with Crippen molar-refractivity contribution in [2.24, 2.45) is 10.2 Å². The van der Waals surface area contributed by atoms with E-state index in [2.05, 4.69) is 21.1 Å². The maximum Gasteiger partial charge on any atom is 1.00 e. The Morgan fingerprint density at radius 1 is 0.800 bits per heavy atom. The Hall–Kier alpha value is -2.63. The van der Waals surface area contributed by atoms with Gasteiger partial charge < -0.3 is 4.55 Å². The van der Waals surface area contributed by atoms with Crippen LogP contribution in [0.25, 0.3) is 0 Å². The van der Waals surface area contributed by atoms with E-state index in [-0.39, 0.29) is 45.2 Å². The number of rotatable bonds is 5. The maximum absolute atomic E-state index is 12.5. The number of anilines is 2. The van der Waals surface area contributed by atoms with Crippen LogP contribution in [-0.4, -0.2) is 13.0 Å². The molecule has 0 amide bonds. The van der Waals surface area contributed by atoms with Crippen LogP contribution in [0.5, 0.6) is 0 Å². The van der Waals surface area contributed by atoms with E-state index in [1.807, 2.05) is 19.1 Å². The smallest absolute Gasteiger partial charge is 0.744 e. The molecule has 3 aromatic rings. The van der Waals surface area contributed by atoms with E-state index in [4.69, 9.17) is 0 Å². The van der Waals surface area contributed by atoms with Crippen molar-refractivity contribution >= 4 is 21.5 Å². The third kappa shape index (κ3) is 5.94. The van der Waals surface area contributed by atoms with Crippen LogP contribution in [0.15, 0.2) is 85.4 Å². The predicted octanol–water partition coefficient (Wildman–Crippen LogP) is -2.65. The number of hydrogen-bond acceptors (Lipinski definition) is 9. The summed E-state index contributed by atoms with van der Waals surface area (Å²) in [5, 5.41) is 7.44. The SMILES string of the molecule is Cc1ccc(N/N=c2\c(=O)cc/c(=N/Nc3ccc(S(=O)(=O)[O-])cc3)c2=O)cc1.[Na+]. The molecule has 0 aliphatic heterocycles. The molecule has 0 bridgehead atoms. The molecule has 0 aliphatic carbocycles. The second kappa shape index (κ2) is 9.92. The predicted molar refractivity (Wildman–Crippen MR) is 105 cm³/mol. The molecule has 0 atom stereocenters. The fraction of sp³-hybridized carbons (Fsp3) is 0.0526. The van der Waals surface area contributed by atoms with Gasteiger partial charge in [0.1, 0.15) is 15.5 Å². The summed E-state index contributed by atoms with van der Waals surface area (Å²) in [7, 11) is -4.55. The fourth-order valence-corrected chi connectivity index (χ4v) is 2.78. The van der Waals surface area contributed by atoms with Gasteiger partial charge in [-0.25, -0.2) is 8.42 Å². The molecule has 0 aliphatic rings. The van der Waals surface area contributed by atoms with Crippen molar-refractivity contribution in [3.05, 3.63) is 97.4 Å². The van der Waals surface area contributed by atoms with Crippen LogP contribution in [0.1, 0.15) is 5.56 Å². The first-order chi connectivity index (χ1) is 13.7. The molecule has 3 rings (SSSR count). The zero-order chi connectivity index (χ0) is 21.0. The number of hydrogen-bond donors (Lipinski definition) is 2. The molecular formula is C19H15N4NaO5S. The zero-order valence-corrected chi connectivity index (χ0v) is 18.9. The molecule has 0 radical (unpaired) electrons. The minimum atomic E-state index is -4.55. The summed E-state index contributed by atoms with van der Waals surface area (Å²) in [6, 6.07) is 14.5. The quantitative estimate of drug-likeness (QED) is 0.254. The molecule has 0 unspecified atom stereocenters. The molecule has 0 fully saturated rings. The Morgan fingerprint density at radius 2 is 1.33 bits per heavy atom. The van der Waals surface area contributed by atoms with Crippen LogP contribution in [0.3, 0.4) is 0 Å². The van der Waals surface area contributed by atoms with E-state index in [1.54, 1.807) is 12.1 Å². The zero-order valence-electron chi connectivity index (χ0n) is 16.1. The van der Waals surface area contributed by atoms with Gasteiger partial charge in [0.15, 0.2) is 5.36 Å². The van der Waals surface area contributed by atoms with Crippen molar-refractivity contribution in [2.75, 3.05) is 10.9 Å². The molecule has 3 aromatic carbocycles. The van der Waals surface area contributed by atoms with Crippen LogP contribution in [0.2, 0.25) is 0 Å². The van der Waals surface area contributed by atoms with Crippen molar-refractivity contribution in [3.63, 3.8) is 0 Å². The molecule has 0 heterocycles. The van der Waals surface area contributed by atoms with Gasteiger partial charge in [-0.1, -0.05) is 17.7 Å². The van der Waals surface area contributed by atoms with Gasteiger partial charge >= 0.3 is 29.6 Å². The Balaban J connectivity index is 0.00000320. The van der Waals surface area contributed by atoms with Gasteiger partial charge in [0, 0.05) is 0 Å². The first-order valence-electron chi connectivity index (χ1n) is 8.31. The van der Waals surface area contributed by atoms with E-state index in [1.165, 1.54) is 24.3 Å². The second-order valence-corrected chi connectivity index (χ2v) is 7.43. The van der Waals surface area contributed by atoms with E-state index < -0.39 is 21.0 Å². The van der Waals surface area contributed by atoms with Gasteiger partial charge in [0.05, 0.1) is 16.3 Å². The number of aryl methyl sites for hydroxylation is 1. The molecule has 0 saturated carbocycles. The van der Waals surface area contributed by atoms with Crippen molar-refractivity contribution in [1.29, 1.82) is 0 Å². The van der Waals surface area contributed by atoms with Gasteiger partial charge in [-0.15, -0.1) is 0 Å². The van der Waals surface area contributed by atoms with Gasteiger partial charge in [-0.2, -0.15) is 10.2 Å².